The smallest absolute Gasteiger partial charge is 0.242 e. The number of thiophene rings is 1. The van der Waals surface area contributed by atoms with E-state index in [-0.39, 0.29) is 4.90 Å². The Balaban J connectivity index is 1.54. The number of nitrogens with one attached hydrogen (secondary N) is 2. The predicted octanol–water partition coefficient (Wildman–Crippen LogP) is 2.55. The van der Waals surface area contributed by atoms with E-state index in [1.165, 1.54) is 18.4 Å². The minimum absolute atomic E-state index is 0.255. The summed E-state index contributed by atoms with van der Waals surface area (Å²) in [6, 6.07) is 16.8. The van der Waals surface area contributed by atoms with Crippen molar-refractivity contribution in [2.75, 3.05) is 27.7 Å². The van der Waals surface area contributed by atoms with Gasteiger partial charge in [0.2, 0.25) is 10.0 Å². The number of rotatable bonds is 7. The summed E-state index contributed by atoms with van der Waals surface area (Å²) >= 11 is 1.58. The Labute approximate surface area is 181 Å². The van der Waals surface area contributed by atoms with Crippen molar-refractivity contribution < 1.29 is 13.5 Å². The van der Waals surface area contributed by atoms with Crippen molar-refractivity contribution in [2.45, 2.75) is 17.5 Å². The Morgan fingerprint density at radius 1 is 1.13 bits per heavy atom. The highest BCUT2D eigenvalue weighted by Crippen LogP contribution is 2.29. The zero-order chi connectivity index (χ0) is 21.7. The first kappa shape index (κ1) is 22.2. The molecule has 0 aliphatic rings. The van der Waals surface area contributed by atoms with E-state index < -0.39 is 16.1 Å². The lowest BCUT2D eigenvalue weighted by Gasteiger charge is -2.15. The van der Waals surface area contributed by atoms with Gasteiger partial charge >= 0.3 is 0 Å². The number of hydrogen-bond donors (Lipinski definition) is 3. The normalized spacial score (nSPS) is 13.6. The molecule has 7 nitrogen and oxygen atoms in total. The lowest BCUT2D eigenvalue weighted by molar-refractivity contribution is 0.184. The fourth-order valence-electron chi connectivity index (χ4n) is 2.86. The quantitative estimate of drug-likeness (QED) is 0.383. The molecule has 160 valence electrons. The minimum atomic E-state index is -3.43. The van der Waals surface area contributed by atoms with Crippen LogP contribution in [-0.2, 0) is 16.6 Å². The molecule has 3 rings (SSSR count). The highest BCUT2D eigenvalue weighted by atomic mass is 32.2. The molecule has 0 bridgehead atoms. The zero-order valence-corrected chi connectivity index (χ0v) is 18.8. The average molecular weight is 447 g/mol. The monoisotopic (exact) mass is 446 g/mol. The third-order valence-corrected chi connectivity index (χ3v) is 7.67. The van der Waals surface area contributed by atoms with E-state index in [0.717, 1.165) is 20.5 Å². The second-order valence-corrected chi connectivity index (χ2v) is 10.2. The summed E-state index contributed by atoms with van der Waals surface area (Å²) in [6.07, 6.45) is -0.642. The lowest BCUT2D eigenvalue weighted by Crippen LogP contribution is -2.38. The Bertz CT molecular complexity index is 1090. The molecule has 9 heteroatoms. The molecule has 1 atom stereocenters. The molecule has 0 fully saturated rings. The van der Waals surface area contributed by atoms with Gasteiger partial charge in [-0.2, -0.15) is 0 Å². The SMILES string of the molecule is CN=C(NCc1ccc(S(=O)(=O)N(C)C)cc1)NCC(O)c1cc2ccccc2s1. The third kappa shape index (κ3) is 5.17. The van der Waals surface area contributed by atoms with Crippen LogP contribution in [0.2, 0.25) is 0 Å². The standard InChI is InChI=1S/C21H26N4O3S2/c1-22-21(23-13-15-8-10-17(11-9-15)30(27,28)25(2)3)24-14-18(26)20-12-16-6-4-5-7-19(16)29-20/h4-12,18,26H,13-14H2,1-3H3,(H2,22,23,24). The molecule has 0 saturated heterocycles. The van der Waals surface area contributed by atoms with E-state index in [1.54, 1.807) is 42.6 Å². The van der Waals surface area contributed by atoms with E-state index in [1.807, 2.05) is 30.3 Å². The first-order valence-corrected chi connectivity index (χ1v) is 11.7. The predicted molar refractivity (Wildman–Crippen MR) is 122 cm³/mol. The van der Waals surface area contributed by atoms with Gasteiger partial charge in [-0.05, 0) is 35.2 Å². The number of aliphatic hydroxyl groups is 1. The maximum Gasteiger partial charge on any atom is 0.242 e. The second kappa shape index (κ2) is 9.57. The summed E-state index contributed by atoms with van der Waals surface area (Å²) in [5.41, 5.74) is 0.917. The van der Waals surface area contributed by atoms with Crippen molar-refractivity contribution in [3.05, 3.63) is 65.0 Å². The lowest BCUT2D eigenvalue weighted by atomic mass is 10.2. The van der Waals surface area contributed by atoms with Gasteiger partial charge in [0.1, 0.15) is 6.10 Å². The van der Waals surface area contributed by atoms with E-state index in [0.29, 0.717) is 19.0 Å². The number of aliphatic hydroxyl groups excluding tert-OH is 1. The van der Waals surface area contributed by atoms with Gasteiger partial charge in [0.05, 0.1) is 4.90 Å². The van der Waals surface area contributed by atoms with Crippen LogP contribution in [0.15, 0.2) is 64.5 Å². The summed E-state index contributed by atoms with van der Waals surface area (Å²) < 4.78 is 26.6. The van der Waals surface area contributed by atoms with Crippen molar-refractivity contribution in [1.29, 1.82) is 0 Å². The number of fused-ring (bicyclic) bond motifs is 1. The molecule has 0 amide bonds. The molecule has 0 radical (unpaired) electrons. The van der Waals surface area contributed by atoms with Crippen LogP contribution in [0.25, 0.3) is 10.1 Å². The van der Waals surface area contributed by atoms with Gasteiger partial charge in [0.25, 0.3) is 0 Å². The van der Waals surface area contributed by atoms with Crippen LogP contribution in [0.3, 0.4) is 0 Å². The first-order chi connectivity index (χ1) is 14.3. The maximum atomic E-state index is 12.1. The molecule has 1 unspecified atom stereocenters. The molecule has 0 aliphatic heterocycles. The van der Waals surface area contributed by atoms with Crippen molar-refractivity contribution in [3.8, 4) is 0 Å². The fourth-order valence-corrected chi connectivity index (χ4v) is 4.81. The summed E-state index contributed by atoms with van der Waals surface area (Å²) in [5.74, 6) is 0.556. The Hall–Kier alpha value is -2.46. The molecule has 3 N–H and O–H groups in total. The van der Waals surface area contributed by atoms with Gasteiger partial charge in [0.15, 0.2) is 5.96 Å². The van der Waals surface area contributed by atoms with Gasteiger partial charge in [-0.25, -0.2) is 12.7 Å². The van der Waals surface area contributed by atoms with Crippen LogP contribution in [0.1, 0.15) is 16.5 Å². The summed E-state index contributed by atoms with van der Waals surface area (Å²) in [4.78, 5) is 5.33. The number of hydrogen-bond acceptors (Lipinski definition) is 5. The Kier molecular flexibility index (Phi) is 7.09. The topological polar surface area (TPSA) is 94.0 Å². The number of aliphatic imine (C=N–C) groups is 1. The molecule has 1 aromatic heterocycles. The van der Waals surface area contributed by atoms with E-state index in [4.69, 9.17) is 0 Å². The van der Waals surface area contributed by atoms with Crippen LogP contribution < -0.4 is 10.6 Å². The molecule has 0 spiro atoms. The minimum Gasteiger partial charge on any atom is -0.386 e. The van der Waals surface area contributed by atoms with Crippen LogP contribution in [0.4, 0.5) is 0 Å². The van der Waals surface area contributed by atoms with E-state index >= 15 is 0 Å². The number of benzene rings is 2. The second-order valence-electron chi connectivity index (χ2n) is 6.94. The highest BCUT2D eigenvalue weighted by Gasteiger charge is 2.16. The third-order valence-electron chi connectivity index (χ3n) is 4.62. The zero-order valence-electron chi connectivity index (χ0n) is 17.2. The van der Waals surface area contributed by atoms with Crippen molar-refractivity contribution in [1.82, 2.24) is 14.9 Å². The van der Waals surface area contributed by atoms with Crippen LogP contribution in [0.5, 0.6) is 0 Å². The van der Waals surface area contributed by atoms with Gasteiger partial charge in [-0.15, -0.1) is 11.3 Å². The first-order valence-electron chi connectivity index (χ1n) is 9.44. The Morgan fingerprint density at radius 2 is 1.83 bits per heavy atom. The van der Waals surface area contributed by atoms with Crippen molar-refractivity contribution in [2.24, 2.45) is 4.99 Å². The van der Waals surface area contributed by atoms with Gasteiger partial charge in [0, 0.05) is 43.8 Å². The summed E-state index contributed by atoms with van der Waals surface area (Å²) in [6.45, 7) is 0.799. The van der Waals surface area contributed by atoms with E-state index in [9.17, 15) is 13.5 Å². The molecular weight excluding hydrogens is 420 g/mol. The van der Waals surface area contributed by atoms with Crippen LogP contribution in [-0.4, -0.2) is 51.5 Å². The number of nitrogens with zero attached hydrogens (tertiary/aromatic N) is 2. The van der Waals surface area contributed by atoms with Gasteiger partial charge < -0.3 is 15.7 Å². The molecule has 2 aromatic carbocycles. The maximum absolute atomic E-state index is 12.1. The average Bonchev–Trinajstić information content (AvgIpc) is 3.18. The molecule has 1 heterocycles. The van der Waals surface area contributed by atoms with Crippen LogP contribution in [0, 0.1) is 0 Å². The molecular formula is C21H26N4O3S2. The van der Waals surface area contributed by atoms with Gasteiger partial charge in [-0.1, -0.05) is 30.3 Å². The van der Waals surface area contributed by atoms with Crippen molar-refractivity contribution >= 4 is 37.4 Å². The molecule has 0 saturated carbocycles. The molecule has 3 aromatic rings. The summed E-state index contributed by atoms with van der Waals surface area (Å²) in [5, 5.41) is 17.9. The van der Waals surface area contributed by atoms with Gasteiger partial charge in [-0.3, -0.25) is 4.99 Å². The fraction of sp³-hybridized carbons (Fsp3) is 0.286. The Morgan fingerprint density at radius 3 is 2.47 bits per heavy atom. The summed E-state index contributed by atoms with van der Waals surface area (Å²) in [7, 11) is 1.24. The van der Waals surface area contributed by atoms with Crippen molar-refractivity contribution in [3.63, 3.8) is 0 Å². The van der Waals surface area contributed by atoms with Crippen LogP contribution >= 0.6 is 11.3 Å². The number of guanidine groups is 1. The van der Waals surface area contributed by atoms with E-state index in [2.05, 4.69) is 15.6 Å². The molecule has 30 heavy (non-hydrogen) atoms. The largest absolute Gasteiger partial charge is 0.386 e. The molecule has 0 aliphatic carbocycles. The highest BCUT2D eigenvalue weighted by molar-refractivity contribution is 7.89. The number of sulfonamides is 1.